The van der Waals surface area contributed by atoms with Gasteiger partial charge in [0.15, 0.2) is 0 Å². The predicted molar refractivity (Wildman–Crippen MR) is 129 cm³/mol. The smallest absolute Gasteiger partial charge is 0.277 e. The van der Waals surface area contributed by atoms with Crippen molar-refractivity contribution in [1.82, 2.24) is 20.4 Å². The Morgan fingerprint density at radius 1 is 1.14 bits per heavy atom. The Hall–Kier alpha value is -3.40. The zero-order chi connectivity index (χ0) is 24.6. The normalized spacial score (nSPS) is 14.1. The van der Waals surface area contributed by atoms with E-state index in [0.717, 1.165) is 11.3 Å². The fraction of sp³-hybridized carbons (Fsp3) is 0.360. The number of nitrogens with zero attached hydrogens (tertiary/aromatic N) is 3. The fourth-order valence-electron chi connectivity index (χ4n) is 3.89. The van der Waals surface area contributed by atoms with Crippen LogP contribution in [0.1, 0.15) is 18.4 Å². The first-order chi connectivity index (χ1) is 17.0. The molecule has 0 unspecified atom stereocenters. The summed E-state index contributed by atoms with van der Waals surface area (Å²) in [6, 6.07) is 13.8. The number of benzene rings is 2. The Kier molecular flexibility index (Phi) is 8.36. The standard InChI is InChI=1S/C25H27FN4O4S/c1-33-20-8-6-19(7-9-20)24-28-29-25(34-24)35-16-22(31)30-14-11-18(12-15-30)23(32)27-13-10-17-4-2-3-5-21(17)26/h2-9,18H,10-16H2,1H3,(H,27,32). The van der Waals surface area contributed by atoms with E-state index in [0.29, 0.717) is 55.6 Å². The minimum atomic E-state index is -0.260. The van der Waals surface area contributed by atoms with Crippen LogP contribution in [0.4, 0.5) is 4.39 Å². The lowest BCUT2D eigenvalue weighted by molar-refractivity contribution is -0.133. The molecule has 10 heteroatoms. The molecule has 1 saturated heterocycles. The van der Waals surface area contributed by atoms with E-state index in [4.69, 9.17) is 9.15 Å². The Labute approximate surface area is 207 Å². The molecule has 4 rings (SSSR count). The summed E-state index contributed by atoms with van der Waals surface area (Å²) in [5.41, 5.74) is 1.36. The van der Waals surface area contributed by atoms with Gasteiger partial charge in [0.25, 0.3) is 5.22 Å². The van der Waals surface area contributed by atoms with Crippen molar-refractivity contribution in [2.75, 3.05) is 32.5 Å². The lowest BCUT2D eigenvalue weighted by Crippen LogP contribution is -2.44. The summed E-state index contributed by atoms with van der Waals surface area (Å²) in [4.78, 5) is 26.9. The van der Waals surface area contributed by atoms with Gasteiger partial charge in [-0.1, -0.05) is 30.0 Å². The van der Waals surface area contributed by atoms with Crippen molar-refractivity contribution in [1.29, 1.82) is 0 Å². The number of piperidine rings is 1. The van der Waals surface area contributed by atoms with E-state index in [2.05, 4.69) is 15.5 Å². The summed E-state index contributed by atoms with van der Waals surface area (Å²) in [6.07, 6.45) is 1.65. The van der Waals surface area contributed by atoms with E-state index in [-0.39, 0.29) is 29.3 Å². The van der Waals surface area contributed by atoms with Crippen LogP contribution in [0.5, 0.6) is 5.75 Å². The molecule has 1 aliphatic heterocycles. The largest absolute Gasteiger partial charge is 0.497 e. The molecule has 0 bridgehead atoms. The average Bonchev–Trinajstić information content (AvgIpc) is 3.37. The number of methoxy groups -OCH3 is 1. The number of ether oxygens (including phenoxy) is 1. The molecule has 1 aliphatic rings. The number of nitrogens with one attached hydrogen (secondary N) is 1. The van der Waals surface area contributed by atoms with Crippen molar-refractivity contribution in [3.8, 4) is 17.2 Å². The third-order valence-corrected chi connectivity index (χ3v) is 6.74. The number of carbonyl (C=O) groups excluding carboxylic acids is 2. The monoisotopic (exact) mass is 498 g/mol. The first kappa shape index (κ1) is 24.7. The molecule has 2 aromatic carbocycles. The highest BCUT2D eigenvalue weighted by Crippen LogP contribution is 2.26. The van der Waals surface area contributed by atoms with E-state index in [1.165, 1.54) is 17.8 Å². The summed E-state index contributed by atoms with van der Waals surface area (Å²) >= 11 is 1.20. The second-order valence-electron chi connectivity index (χ2n) is 8.18. The molecule has 0 atom stereocenters. The number of hydrogen-bond donors (Lipinski definition) is 1. The molecule has 0 saturated carbocycles. The van der Waals surface area contributed by atoms with Crippen LogP contribution in [0.2, 0.25) is 0 Å². The van der Waals surface area contributed by atoms with Crippen molar-refractivity contribution < 1.29 is 23.1 Å². The highest BCUT2D eigenvalue weighted by molar-refractivity contribution is 7.99. The van der Waals surface area contributed by atoms with Gasteiger partial charge in [-0.2, -0.15) is 0 Å². The van der Waals surface area contributed by atoms with Crippen LogP contribution in [0.3, 0.4) is 0 Å². The van der Waals surface area contributed by atoms with E-state index in [1.54, 1.807) is 30.2 Å². The zero-order valence-corrected chi connectivity index (χ0v) is 20.2. The molecule has 35 heavy (non-hydrogen) atoms. The van der Waals surface area contributed by atoms with E-state index in [1.807, 2.05) is 24.3 Å². The van der Waals surface area contributed by atoms with Crippen molar-refractivity contribution in [3.63, 3.8) is 0 Å². The van der Waals surface area contributed by atoms with Crippen LogP contribution in [0, 0.1) is 11.7 Å². The number of hydrogen-bond acceptors (Lipinski definition) is 7. The van der Waals surface area contributed by atoms with Gasteiger partial charge in [-0.25, -0.2) is 4.39 Å². The van der Waals surface area contributed by atoms with Crippen molar-refractivity contribution in [2.45, 2.75) is 24.5 Å². The van der Waals surface area contributed by atoms with Gasteiger partial charge < -0.3 is 19.4 Å². The molecule has 1 N–H and O–H groups in total. The minimum absolute atomic E-state index is 0.0300. The molecule has 2 heterocycles. The summed E-state index contributed by atoms with van der Waals surface area (Å²) in [7, 11) is 1.60. The Bertz CT molecular complexity index is 1150. The van der Waals surface area contributed by atoms with Crippen LogP contribution in [0.25, 0.3) is 11.5 Å². The molecular formula is C25H27FN4O4S. The van der Waals surface area contributed by atoms with Gasteiger partial charge in [-0.05, 0) is 55.2 Å². The van der Waals surface area contributed by atoms with Crippen LogP contribution in [0.15, 0.2) is 58.2 Å². The Balaban J connectivity index is 1.18. The van der Waals surface area contributed by atoms with Crippen LogP contribution in [-0.2, 0) is 16.0 Å². The molecule has 0 spiro atoms. The molecule has 1 aromatic heterocycles. The maximum absolute atomic E-state index is 13.7. The number of carbonyl (C=O) groups is 2. The number of thioether (sulfide) groups is 1. The number of likely N-dealkylation sites (tertiary alicyclic amines) is 1. The molecule has 0 radical (unpaired) electrons. The van der Waals surface area contributed by atoms with Crippen molar-refractivity contribution in [2.24, 2.45) is 5.92 Å². The van der Waals surface area contributed by atoms with E-state index in [9.17, 15) is 14.0 Å². The quantitative estimate of drug-likeness (QED) is 0.451. The van der Waals surface area contributed by atoms with Gasteiger partial charge >= 0.3 is 0 Å². The Morgan fingerprint density at radius 2 is 1.89 bits per heavy atom. The summed E-state index contributed by atoms with van der Waals surface area (Å²) in [5, 5.41) is 11.3. The third kappa shape index (κ3) is 6.60. The maximum atomic E-state index is 13.7. The lowest BCUT2D eigenvalue weighted by Gasteiger charge is -2.31. The Morgan fingerprint density at radius 3 is 2.60 bits per heavy atom. The SMILES string of the molecule is COc1ccc(-c2nnc(SCC(=O)N3CCC(C(=O)NCCc4ccccc4F)CC3)o2)cc1. The first-order valence-electron chi connectivity index (χ1n) is 11.4. The summed E-state index contributed by atoms with van der Waals surface area (Å²) in [6.45, 7) is 1.43. The topological polar surface area (TPSA) is 97.6 Å². The summed E-state index contributed by atoms with van der Waals surface area (Å²) in [5.74, 6) is 0.822. The van der Waals surface area contributed by atoms with Crippen LogP contribution < -0.4 is 10.1 Å². The zero-order valence-electron chi connectivity index (χ0n) is 19.4. The molecule has 2 amide bonds. The van der Waals surface area contributed by atoms with Crippen molar-refractivity contribution in [3.05, 3.63) is 59.9 Å². The highest BCUT2D eigenvalue weighted by atomic mass is 32.2. The van der Waals surface area contributed by atoms with Gasteiger partial charge in [-0.15, -0.1) is 10.2 Å². The second-order valence-corrected chi connectivity index (χ2v) is 9.10. The van der Waals surface area contributed by atoms with Crippen LogP contribution in [-0.4, -0.2) is 59.4 Å². The van der Waals surface area contributed by atoms with Crippen molar-refractivity contribution >= 4 is 23.6 Å². The minimum Gasteiger partial charge on any atom is -0.497 e. The molecule has 1 fully saturated rings. The highest BCUT2D eigenvalue weighted by Gasteiger charge is 2.27. The van der Waals surface area contributed by atoms with E-state index >= 15 is 0 Å². The number of aromatic nitrogens is 2. The average molecular weight is 499 g/mol. The lowest BCUT2D eigenvalue weighted by atomic mass is 9.96. The number of halogens is 1. The molecule has 3 aromatic rings. The first-order valence-corrected chi connectivity index (χ1v) is 12.4. The number of amides is 2. The van der Waals surface area contributed by atoms with Gasteiger partial charge in [0, 0.05) is 31.1 Å². The fourth-order valence-corrected chi connectivity index (χ4v) is 4.56. The van der Waals surface area contributed by atoms with Crippen LogP contribution >= 0.6 is 11.8 Å². The maximum Gasteiger partial charge on any atom is 0.277 e. The molecule has 0 aliphatic carbocycles. The number of rotatable bonds is 9. The van der Waals surface area contributed by atoms with E-state index < -0.39 is 0 Å². The van der Waals surface area contributed by atoms with Gasteiger partial charge in [0.2, 0.25) is 17.7 Å². The predicted octanol–water partition coefficient (Wildman–Crippen LogP) is 3.57. The second kappa shape index (κ2) is 11.8. The third-order valence-electron chi connectivity index (χ3n) is 5.93. The van der Waals surface area contributed by atoms with Gasteiger partial charge in [-0.3, -0.25) is 9.59 Å². The molecule has 184 valence electrons. The van der Waals surface area contributed by atoms with Gasteiger partial charge in [0.1, 0.15) is 11.6 Å². The summed E-state index contributed by atoms with van der Waals surface area (Å²) < 4.78 is 24.5. The molecule has 8 nitrogen and oxygen atoms in total. The molecular weight excluding hydrogens is 471 g/mol. The van der Waals surface area contributed by atoms with Gasteiger partial charge in [0.05, 0.1) is 12.9 Å².